The van der Waals surface area contributed by atoms with E-state index >= 15 is 0 Å². The van der Waals surface area contributed by atoms with Gasteiger partial charge < -0.3 is 15.4 Å². The van der Waals surface area contributed by atoms with Gasteiger partial charge in [0.2, 0.25) is 5.91 Å². The lowest BCUT2D eigenvalue weighted by molar-refractivity contribution is -0.120. The Hall–Kier alpha value is -3.12. The Balaban J connectivity index is 1.55. The summed E-state index contributed by atoms with van der Waals surface area (Å²) in [6.07, 6.45) is 0.298. The van der Waals surface area contributed by atoms with Gasteiger partial charge in [-0.3, -0.25) is 9.59 Å². The van der Waals surface area contributed by atoms with Gasteiger partial charge >= 0.3 is 0 Å². The van der Waals surface area contributed by atoms with Crippen LogP contribution in [0.4, 0.5) is 5.69 Å². The van der Waals surface area contributed by atoms with Crippen LogP contribution < -0.4 is 15.4 Å². The monoisotopic (exact) mass is 380 g/mol. The molecule has 0 fully saturated rings. The maximum atomic E-state index is 12.4. The minimum Gasteiger partial charge on any atom is -0.496 e. The van der Waals surface area contributed by atoms with Crippen molar-refractivity contribution in [3.8, 4) is 5.75 Å². The van der Waals surface area contributed by atoms with Crippen LogP contribution in [0.25, 0.3) is 0 Å². The topological polar surface area (TPSA) is 67.4 Å². The summed E-state index contributed by atoms with van der Waals surface area (Å²) in [5.41, 5.74) is 2.01. The van der Waals surface area contributed by atoms with Crippen LogP contribution in [0.3, 0.4) is 0 Å². The lowest BCUT2D eigenvalue weighted by atomic mass is 10.1. The van der Waals surface area contributed by atoms with Crippen molar-refractivity contribution in [1.29, 1.82) is 0 Å². The van der Waals surface area contributed by atoms with Gasteiger partial charge in [-0.15, -0.1) is 11.3 Å². The molecular formula is C21H20N2O3S. The molecule has 27 heavy (non-hydrogen) atoms. The number of methoxy groups -OCH3 is 1. The molecule has 2 amide bonds. The van der Waals surface area contributed by atoms with Crippen LogP contribution >= 0.6 is 11.3 Å². The Kier molecular flexibility index (Phi) is 6.22. The minimum atomic E-state index is -0.242. The third-order valence-electron chi connectivity index (χ3n) is 3.97. The number of carbonyl (C=O) groups is 2. The van der Waals surface area contributed by atoms with Crippen LogP contribution in [0.5, 0.6) is 5.75 Å². The molecule has 5 nitrogen and oxygen atoms in total. The van der Waals surface area contributed by atoms with E-state index in [0.717, 1.165) is 10.4 Å². The zero-order valence-corrected chi connectivity index (χ0v) is 15.7. The van der Waals surface area contributed by atoms with Crippen molar-refractivity contribution >= 4 is 28.8 Å². The number of hydrogen-bond donors (Lipinski definition) is 2. The number of hydrogen-bond acceptors (Lipinski definition) is 4. The molecule has 0 saturated carbocycles. The summed E-state index contributed by atoms with van der Waals surface area (Å²) in [4.78, 5) is 25.6. The molecule has 0 atom stereocenters. The van der Waals surface area contributed by atoms with E-state index in [9.17, 15) is 9.59 Å². The highest BCUT2D eigenvalue weighted by molar-refractivity contribution is 7.09. The van der Waals surface area contributed by atoms with E-state index in [1.165, 1.54) is 7.11 Å². The van der Waals surface area contributed by atoms with Gasteiger partial charge in [-0.1, -0.05) is 30.3 Å². The predicted octanol–water partition coefficient (Wildman–Crippen LogP) is 3.87. The summed E-state index contributed by atoms with van der Waals surface area (Å²) in [6.45, 7) is 0.545. The molecule has 0 spiro atoms. The highest BCUT2D eigenvalue weighted by atomic mass is 32.1. The first-order valence-electron chi connectivity index (χ1n) is 8.48. The van der Waals surface area contributed by atoms with Crippen molar-refractivity contribution in [2.75, 3.05) is 12.4 Å². The number of ether oxygens (including phenoxy) is 1. The number of para-hydroxylation sites is 1. The van der Waals surface area contributed by atoms with E-state index in [4.69, 9.17) is 4.74 Å². The fraction of sp³-hybridized carbons (Fsp3) is 0.143. The second-order valence-electron chi connectivity index (χ2n) is 5.88. The normalized spacial score (nSPS) is 10.3. The molecular weight excluding hydrogens is 360 g/mol. The molecule has 138 valence electrons. The van der Waals surface area contributed by atoms with Crippen molar-refractivity contribution in [3.63, 3.8) is 0 Å². The lowest BCUT2D eigenvalue weighted by Crippen LogP contribution is -2.24. The highest BCUT2D eigenvalue weighted by Gasteiger charge is 2.11. The summed E-state index contributed by atoms with van der Waals surface area (Å²) in [6, 6.07) is 18.3. The molecule has 3 rings (SSSR count). The smallest absolute Gasteiger partial charge is 0.259 e. The molecule has 2 N–H and O–H groups in total. The van der Waals surface area contributed by atoms with Crippen LogP contribution in [0, 0.1) is 0 Å². The first kappa shape index (κ1) is 18.7. The Morgan fingerprint density at radius 1 is 1.00 bits per heavy atom. The fourth-order valence-electron chi connectivity index (χ4n) is 2.58. The fourth-order valence-corrected chi connectivity index (χ4v) is 3.23. The third kappa shape index (κ3) is 5.18. The zero-order chi connectivity index (χ0) is 19.1. The molecule has 0 aliphatic heterocycles. The molecule has 2 aromatic carbocycles. The number of anilines is 1. The van der Waals surface area contributed by atoms with Gasteiger partial charge in [0, 0.05) is 10.6 Å². The first-order valence-corrected chi connectivity index (χ1v) is 9.36. The molecule has 3 aromatic rings. The Labute approximate surface area is 162 Å². The van der Waals surface area contributed by atoms with Crippen molar-refractivity contribution in [1.82, 2.24) is 5.32 Å². The quantitative estimate of drug-likeness (QED) is 0.654. The van der Waals surface area contributed by atoms with Crippen molar-refractivity contribution in [3.05, 3.63) is 82.0 Å². The second-order valence-corrected chi connectivity index (χ2v) is 6.92. The SMILES string of the molecule is COc1ccccc1C(=O)Nc1ccc(CC(=O)NCc2cccs2)cc1. The maximum absolute atomic E-state index is 12.4. The average Bonchev–Trinajstić information content (AvgIpc) is 3.21. The largest absolute Gasteiger partial charge is 0.496 e. The number of nitrogens with one attached hydrogen (secondary N) is 2. The van der Waals surface area contributed by atoms with Crippen LogP contribution in [0.15, 0.2) is 66.0 Å². The minimum absolute atomic E-state index is 0.0331. The Morgan fingerprint density at radius 2 is 1.78 bits per heavy atom. The number of thiophene rings is 1. The van der Waals surface area contributed by atoms with Gasteiger partial charge in [-0.25, -0.2) is 0 Å². The molecule has 0 radical (unpaired) electrons. The van der Waals surface area contributed by atoms with Crippen molar-refractivity contribution in [2.24, 2.45) is 0 Å². The summed E-state index contributed by atoms with van der Waals surface area (Å²) in [5.74, 6) is 0.247. The summed E-state index contributed by atoms with van der Waals surface area (Å²) in [7, 11) is 1.53. The predicted molar refractivity (Wildman–Crippen MR) is 107 cm³/mol. The molecule has 6 heteroatoms. The average molecular weight is 380 g/mol. The third-order valence-corrected chi connectivity index (χ3v) is 4.84. The number of rotatable bonds is 7. The van der Waals surface area contributed by atoms with Crippen LogP contribution in [0.1, 0.15) is 20.8 Å². The van der Waals surface area contributed by atoms with E-state index in [1.807, 2.05) is 35.7 Å². The van der Waals surface area contributed by atoms with Crippen molar-refractivity contribution < 1.29 is 14.3 Å². The number of carbonyl (C=O) groups excluding carboxylic acids is 2. The molecule has 1 aromatic heterocycles. The van der Waals surface area contributed by atoms with E-state index in [-0.39, 0.29) is 11.8 Å². The molecule has 0 bridgehead atoms. The van der Waals surface area contributed by atoms with E-state index in [0.29, 0.717) is 30.0 Å². The highest BCUT2D eigenvalue weighted by Crippen LogP contribution is 2.19. The van der Waals surface area contributed by atoms with E-state index < -0.39 is 0 Å². The number of amides is 2. The van der Waals surface area contributed by atoms with Gasteiger partial charge in [0.05, 0.1) is 25.6 Å². The van der Waals surface area contributed by atoms with Crippen LogP contribution in [0.2, 0.25) is 0 Å². The lowest BCUT2D eigenvalue weighted by Gasteiger charge is -2.10. The molecule has 0 unspecified atom stereocenters. The van der Waals surface area contributed by atoms with Gasteiger partial charge in [0.25, 0.3) is 5.91 Å². The van der Waals surface area contributed by atoms with Gasteiger partial charge in [0.1, 0.15) is 5.75 Å². The van der Waals surface area contributed by atoms with E-state index in [2.05, 4.69) is 10.6 Å². The standard InChI is InChI=1S/C21H20N2O3S/c1-26-19-7-3-2-6-18(19)21(25)23-16-10-8-15(9-11-16)13-20(24)22-14-17-5-4-12-27-17/h2-12H,13-14H2,1H3,(H,22,24)(H,23,25). The van der Waals surface area contributed by atoms with E-state index in [1.54, 1.807) is 41.7 Å². The summed E-state index contributed by atoms with van der Waals surface area (Å²) >= 11 is 1.62. The molecule has 1 heterocycles. The number of benzene rings is 2. The summed E-state index contributed by atoms with van der Waals surface area (Å²) in [5, 5.41) is 7.73. The Morgan fingerprint density at radius 3 is 2.48 bits per heavy atom. The van der Waals surface area contributed by atoms with Crippen LogP contribution in [-0.4, -0.2) is 18.9 Å². The summed E-state index contributed by atoms with van der Waals surface area (Å²) < 4.78 is 5.21. The second kappa shape index (κ2) is 9.00. The van der Waals surface area contributed by atoms with Gasteiger partial charge in [-0.05, 0) is 41.3 Å². The van der Waals surface area contributed by atoms with Gasteiger partial charge in [-0.2, -0.15) is 0 Å². The first-order chi connectivity index (χ1) is 13.2. The zero-order valence-electron chi connectivity index (χ0n) is 14.9. The van der Waals surface area contributed by atoms with Crippen molar-refractivity contribution in [2.45, 2.75) is 13.0 Å². The molecule has 0 saturated heterocycles. The maximum Gasteiger partial charge on any atom is 0.259 e. The van der Waals surface area contributed by atoms with Gasteiger partial charge in [0.15, 0.2) is 0 Å². The van der Waals surface area contributed by atoms with Crippen LogP contribution in [-0.2, 0) is 17.8 Å². The molecule has 0 aliphatic rings. The Bertz CT molecular complexity index is 905. The molecule has 0 aliphatic carbocycles.